The Balaban J connectivity index is 2.34. The number of hydrogen-bond acceptors (Lipinski definition) is 2. The number of rotatable bonds is 6. The average Bonchev–Trinajstić information content (AvgIpc) is 2.34. The fourth-order valence-electron chi connectivity index (χ4n) is 1.47. The van der Waals surface area contributed by atoms with Crippen molar-refractivity contribution >= 4 is 34.5 Å². The van der Waals surface area contributed by atoms with Crippen molar-refractivity contribution in [2.24, 2.45) is 5.92 Å². The largest absolute Gasteiger partial charge is 0.481 e. The maximum atomic E-state index is 11.8. The molecule has 1 aromatic carbocycles. The van der Waals surface area contributed by atoms with E-state index in [1.165, 1.54) is 0 Å². The van der Waals surface area contributed by atoms with Crippen LogP contribution in [0.5, 0.6) is 0 Å². The van der Waals surface area contributed by atoms with Gasteiger partial charge >= 0.3 is 5.97 Å². The van der Waals surface area contributed by atoms with E-state index in [1.54, 1.807) is 13.0 Å². The summed E-state index contributed by atoms with van der Waals surface area (Å²) in [6.07, 6.45) is 1.24. The highest BCUT2D eigenvalue weighted by Gasteiger charge is 2.11. The third-order valence-corrected chi connectivity index (χ3v) is 3.58. The lowest BCUT2D eigenvalue weighted by Gasteiger charge is -2.08. The number of carboxylic acids is 1. The lowest BCUT2D eigenvalue weighted by atomic mass is 10.1. The van der Waals surface area contributed by atoms with Crippen LogP contribution < -0.4 is 5.32 Å². The highest BCUT2D eigenvalue weighted by atomic mass is 127. The van der Waals surface area contributed by atoms with Crippen LogP contribution in [0.1, 0.15) is 30.1 Å². The third kappa shape index (κ3) is 4.64. The predicted octanol–water partition coefficient (Wildman–Crippen LogP) is 2.52. The van der Waals surface area contributed by atoms with Crippen molar-refractivity contribution in [1.82, 2.24) is 5.32 Å². The van der Waals surface area contributed by atoms with Crippen molar-refractivity contribution in [1.29, 1.82) is 0 Å². The smallest absolute Gasteiger partial charge is 0.306 e. The molecule has 1 unspecified atom stereocenters. The summed E-state index contributed by atoms with van der Waals surface area (Å²) in [5.74, 6) is -1.26. The number of halogens is 1. The van der Waals surface area contributed by atoms with Crippen LogP contribution in [0, 0.1) is 9.49 Å². The number of benzene rings is 1. The molecule has 2 N–H and O–H groups in total. The van der Waals surface area contributed by atoms with Gasteiger partial charge in [-0.05, 0) is 47.6 Å². The Labute approximate surface area is 120 Å². The quantitative estimate of drug-likeness (QED) is 0.605. The van der Waals surface area contributed by atoms with Gasteiger partial charge in [-0.3, -0.25) is 9.59 Å². The monoisotopic (exact) mass is 361 g/mol. The molecule has 0 aromatic heterocycles. The third-order valence-electron chi connectivity index (χ3n) is 2.64. The summed E-state index contributed by atoms with van der Waals surface area (Å²) < 4.78 is 0.909. The van der Waals surface area contributed by atoms with Gasteiger partial charge in [0.15, 0.2) is 0 Å². The highest BCUT2D eigenvalue weighted by molar-refractivity contribution is 14.1. The van der Waals surface area contributed by atoms with Crippen molar-refractivity contribution in [3.05, 3.63) is 33.4 Å². The maximum absolute atomic E-state index is 11.8. The van der Waals surface area contributed by atoms with Crippen LogP contribution in [0.2, 0.25) is 0 Å². The molecule has 1 atom stereocenters. The molecule has 1 rings (SSSR count). The molecule has 0 heterocycles. The van der Waals surface area contributed by atoms with Gasteiger partial charge in [-0.1, -0.05) is 19.1 Å². The number of aliphatic carboxylic acids is 1. The number of carbonyl (C=O) groups excluding carboxylic acids is 1. The minimum atomic E-state index is -0.793. The Bertz CT molecular complexity index is 434. The van der Waals surface area contributed by atoms with Gasteiger partial charge in [-0.25, -0.2) is 0 Å². The summed E-state index contributed by atoms with van der Waals surface area (Å²) in [7, 11) is 0. The summed E-state index contributed by atoms with van der Waals surface area (Å²) >= 11 is 2.12. The first-order valence-electron chi connectivity index (χ1n) is 5.78. The molecule has 0 aliphatic heterocycles. The molecule has 0 spiro atoms. The second-order valence-corrected chi connectivity index (χ2v) is 5.28. The molecule has 1 aromatic rings. The molecule has 1 amide bonds. The van der Waals surface area contributed by atoms with Crippen molar-refractivity contribution in [3.8, 4) is 0 Å². The lowest BCUT2D eigenvalue weighted by Crippen LogP contribution is -2.25. The summed E-state index contributed by atoms with van der Waals surface area (Å²) in [5.41, 5.74) is 0.657. The zero-order chi connectivity index (χ0) is 13.5. The Morgan fingerprint density at radius 1 is 1.39 bits per heavy atom. The molecule has 5 heteroatoms. The summed E-state index contributed by atoms with van der Waals surface area (Å²) in [6, 6.07) is 7.36. The topological polar surface area (TPSA) is 66.4 Å². The van der Waals surface area contributed by atoms with Gasteiger partial charge in [0.25, 0.3) is 5.91 Å². The number of carboxylic acid groups (broad SMARTS) is 1. The number of hydrogen-bond donors (Lipinski definition) is 2. The van der Waals surface area contributed by atoms with Gasteiger partial charge in [0.1, 0.15) is 0 Å². The first-order valence-corrected chi connectivity index (χ1v) is 6.85. The van der Waals surface area contributed by atoms with Crippen LogP contribution in [-0.2, 0) is 4.79 Å². The van der Waals surface area contributed by atoms with Gasteiger partial charge in [-0.2, -0.15) is 0 Å². The van der Waals surface area contributed by atoms with Gasteiger partial charge in [0, 0.05) is 10.1 Å². The number of carbonyl (C=O) groups is 2. The lowest BCUT2D eigenvalue weighted by molar-refractivity contribution is -0.141. The average molecular weight is 361 g/mol. The van der Waals surface area contributed by atoms with Crippen LogP contribution in [0.4, 0.5) is 0 Å². The van der Waals surface area contributed by atoms with E-state index in [0.717, 1.165) is 3.57 Å². The van der Waals surface area contributed by atoms with Gasteiger partial charge < -0.3 is 10.4 Å². The zero-order valence-electron chi connectivity index (χ0n) is 10.1. The van der Waals surface area contributed by atoms with E-state index in [9.17, 15) is 9.59 Å². The van der Waals surface area contributed by atoms with Gasteiger partial charge in [0.2, 0.25) is 0 Å². The number of nitrogens with one attached hydrogen (secondary N) is 1. The molecule has 4 nitrogen and oxygen atoms in total. The molecule has 0 fully saturated rings. The zero-order valence-corrected chi connectivity index (χ0v) is 12.3. The molecule has 0 saturated carbocycles. The van der Waals surface area contributed by atoms with Crippen LogP contribution in [0.15, 0.2) is 24.3 Å². The minimum absolute atomic E-state index is 0.108. The van der Waals surface area contributed by atoms with Crippen molar-refractivity contribution in [2.45, 2.75) is 19.8 Å². The standard InChI is InChI=1S/C13H16INO3/c1-9(13(17)18)5-4-8-15-12(16)10-6-2-3-7-11(10)14/h2-3,6-7,9H,4-5,8H2,1H3,(H,15,16)(H,17,18). The van der Waals surface area contributed by atoms with Crippen molar-refractivity contribution in [3.63, 3.8) is 0 Å². The molecular formula is C13H16INO3. The highest BCUT2D eigenvalue weighted by Crippen LogP contribution is 2.11. The summed E-state index contributed by atoms with van der Waals surface area (Å²) in [5, 5.41) is 11.5. The van der Waals surface area contributed by atoms with Crippen LogP contribution in [-0.4, -0.2) is 23.5 Å². The fraction of sp³-hybridized carbons (Fsp3) is 0.385. The van der Waals surface area contributed by atoms with E-state index >= 15 is 0 Å². The Kier molecular flexibility index (Phi) is 6.11. The molecule has 98 valence electrons. The molecule has 0 aliphatic carbocycles. The van der Waals surface area contributed by atoms with E-state index in [4.69, 9.17) is 5.11 Å². The van der Waals surface area contributed by atoms with Crippen LogP contribution in [0.25, 0.3) is 0 Å². The normalized spacial score (nSPS) is 11.9. The first kappa shape index (κ1) is 14.9. The minimum Gasteiger partial charge on any atom is -0.481 e. The molecule has 0 radical (unpaired) electrons. The van der Waals surface area contributed by atoms with Gasteiger partial charge in [0.05, 0.1) is 11.5 Å². The van der Waals surface area contributed by atoms with E-state index in [2.05, 4.69) is 27.9 Å². The second-order valence-electron chi connectivity index (χ2n) is 4.12. The van der Waals surface area contributed by atoms with Gasteiger partial charge in [-0.15, -0.1) is 0 Å². The summed E-state index contributed by atoms with van der Waals surface area (Å²) in [4.78, 5) is 22.4. The molecule has 18 heavy (non-hydrogen) atoms. The van der Waals surface area contributed by atoms with E-state index in [-0.39, 0.29) is 11.8 Å². The van der Waals surface area contributed by atoms with E-state index in [1.807, 2.05) is 18.2 Å². The first-order chi connectivity index (χ1) is 8.52. The van der Waals surface area contributed by atoms with Crippen molar-refractivity contribution in [2.75, 3.05) is 6.54 Å². The molecule has 0 aliphatic rings. The van der Waals surface area contributed by atoms with E-state index < -0.39 is 5.97 Å². The SMILES string of the molecule is CC(CCCNC(=O)c1ccccc1I)C(=O)O. The maximum Gasteiger partial charge on any atom is 0.306 e. The number of amides is 1. The molecule has 0 bridgehead atoms. The fourth-order valence-corrected chi connectivity index (χ4v) is 2.11. The molecule has 0 saturated heterocycles. The predicted molar refractivity (Wildman–Crippen MR) is 77.5 cm³/mol. The Hall–Kier alpha value is -1.11. The van der Waals surface area contributed by atoms with Crippen molar-refractivity contribution < 1.29 is 14.7 Å². The Morgan fingerprint density at radius 2 is 2.06 bits per heavy atom. The van der Waals surface area contributed by atoms with E-state index in [0.29, 0.717) is 24.9 Å². The summed E-state index contributed by atoms with van der Waals surface area (Å²) in [6.45, 7) is 2.17. The Morgan fingerprint density at radius 3 is 2.67 bits per heavy atom. The van der Waals surface area contributed by atoms with Crippen LogP contribution >= 0.6 is 22.6 Å². The molecular weight excluding hydrogens is 345 g/mol. The second kappa shape index (κ2) is 7.35. The van der Waals surface area contributed by atoms with Crippen LogP contribution in [0.3, 0.4) is 0 Å².